The Bertz CT molecular complexity index is 216. The van der Waals surface area contributed by atoms with E-state index in [-0.39, 0.29) is 5.24 Å². The maximum atomic E-state index is 10.5. The number of rotatable bonds is 4. The van der Waals surface area contributed by atoms with Crippen molar-refractivity contribution in [1.82, 2.24) is 4.31 Å². The Morgan fingerprint density at radius 1 is 1.42 bits per heavy atom. The summed E-state index contributed by atoms with van der Waals surface area (Å²) in [4.78, 5) is 10.5. The molecule has 0 bridgehead atoms. The average molecular weight is 183 g/mol. The van der Waals surface area contributed by atoms with Crippen LogP contribution in [0.2, 0.25) is 0 Å². The van der Waals surface area contributed by atoms with Gasteiger partial charge in [0, 0.05) is 19.4 Å². The first-order valence-corrected chi connectivity index (χ1v) is 5.07. The quantitative estimate of drug-likeness (QED) is 0.289. The van der Waals surface area contributed by atoms with Crippen molar-refractivity contribution in [3.05, 3.63) is 0 Å². The van der Waals surface area contributed by atoms with Gasteiger partial charge in [0.05, 0.1) is 11.9 Å². The lowest BCUT2D eigenvalue weighted by Gasteiger charge is -1.91. The number of nitrogens with zero attached hydrogens (tertiary/aromatic N) is 1. The molecular weight excluding hydrogens is 170 g/mol. The highest BCUT2D eigenvalue weighted by molar-refractivity contribution is 8.21. The first kappa shape index (κ1) is 9.47. The van der Waals surface area contributed by atoms with Crippen LogP contribution in [-0.4, -0.2) is 16.1 Å². The van der Waals surface area contributed by atoms with E-state index in [1.807, 2.05) is 0 Å². The summed E-state index contributed by atoms with van der Waals surface area (Å²) >= 11 is 1.31. The highest BCUT2D eigenvalue weighted by Gasteiger charge is 2.31. The Hall–Kier alpha value is -0.620. The fourth-order valence-electron chi connectivity index (χ4n) is 0.824. The van der Waals surface area contributed by atoms with E-state index in [1.54, 1.807) is 4.31 Å². The van der Waals surface area contributed by atoms with Crippen LogP contribution in [0.15, 0.2) is 0 Å². The van der Waals surface area contributed by atoms with Gasteiger partial charge in [-0.2, -0.15) is 0 Å². The Kier molecular flexibility index (Phi) is 4.02. The van der Waals surface area contributed by atoms with Crippen molar-refractivity contribution in [1.29, 1.82) is 0 Å². The van der Waals surface area contributed by atoms with Crippen molar-refractivity contribution < 1.29 is 4.79 Å². The first-order valence-electron chi connectivity index (χ1n) is 4.29. The third kappa shape index (κ3) is 3.68. The molecule has 1 aliphatic rings. The molecule has 1 fully saturated rings. The van der Waals surface area contributed by atoms with Crippen molar-refractivity contribution in [2.75, 3.05) is 6.54 Å². The predicted molar refractivity (Wildman–Crippen MR) is 51.6 cm³/mol. The second-order valence-corrected chi connectivity index (χ2v) is 3.64. The van der Waals surface area contributed by atoms with E-state index in [2.05, 4.69) is 18.8 Å². The zero-order valence-corrected chi connectivity index (χ0v) is 8.12. The van der Waals surface area contributed by atoms with Crippen LogP contribution in [0.25, 0.3) is 0 Å². The molecule has 0 aliphatic carbocycles. The van der Waals surface area contributed by atoms with Gasteiger partial charge in [0.2, 0.25) is 0 Å². The van der Waals surface area contributed by atoms with E-state index in [0.717, 1.165) is 32.2 Å². The maximum Gasteiger partial charge on any atom is 0.312 e. The van der Waals surface area contributed by atoms with Crippen molar-refractivity contribution >= 4 is 17.2 Å². The van der Waals surface area contributed by atoms with Gasteiger partial charge in [0.1, 0.15) is 0 Å². The van der Waals surface area contributed by atoms with Crippen molar-refractivity contribution in [3.8, 4) is 11.8 Å². The molecule has 0 unspecified atom stereocenters. The van der Waals surface area contributed by atoms with Gasteiger partial charge in [0.25, 0.3) is 0 Å². The van der Waals surface area contributed by atoms with Gasteiger partial charge in [-0.25, -0.2) is 0 Å². The SMILES string of the molecule is CCCC#CCCCN1SC1=O. The number of carbonyl (C=O) groups excluding carboxylic acids is 1. The van der Waals surface area contributed by atoms with Gasteiger partial charge in [-0.15, -0.1) is 11.8 Å². The fraction of sp³-hybridized carbons (Fsp3) is 0.667. The highest BCUT2D eigenvalue weighted by Crippen LogP contribution is 2.31. The molecule has 66 valence electrons. The van der Waals surface area contributed by atoms with Crippen LogP contribution in [0.1, 0.15) is 32.6 Å². The summed E-state index contributed by atoms with van der Waals surface area (Å²) < 4.78 is 1.77. The van der Waals surface area contributed by atoms with Crippen LogP contribution in [0.3, 0.4) is 0 Å². The largest absolute Gasteiger partial charge is 0.312 e. The average Bonchev–Trinajstić information content (AvgIpc) is 2.74. The van der Waals surface area contributed by atoms with Crippen LogP contribution >= 0.6 is 11.9 Å². The molecule has 0 saturated carbocycles. The molecule has 12 heavy (non-hydrogen) atoms. The maximum absolute atomic E-state index is 10.5. The van der Waals surface area contributed by atoms with Crippen molar-refractivity contribution in [2.45, 2.75) is 32.6 Å². The molecule has 0 aromatic rings. The lowest BCUT2D eigenvalue weighted by atomic mass is 10.3. The van der Waals surface area contributed by atoms with Crippen molar-refractivity contribution in [3.63, 3.8) is 0 Å². The minimum atomic E-state index is 0.205. The molecule has 0 radical (unpaired) electrons. The van der Waals surface area contributed by atoms with E-state index in [0.29, 0.717) is 0 Å². The molecule has 3 heteroatoms. The van der Waals surface area contributed by atoms with Gasteiger partial charge in [-0.1, -0.05) is 6.92 Å². The van der Waals surface area contributed by atoms with E-state index in [1.165, 1.54) is 11.9 Å². The molecule has 0 aromatic heterocycles. The van der Waals surface area contributed by atoms with Crippen LogP contribution in [0.5, 0.6) is 0 Å². The lowest BCUT2D eigenvalue weighted by molar-refractivity contribution is 0.258. The standard InChI is InChI=1S/C9H13NOS/c1-2-3-4-5-6-7-8-10-9(11)12-10/h2-3,6-8H2,1H3. The zero-order valence-electron chi connectivity index (χ0n) is 7.30. The van der Waals surface area contributed by atoms with Gasteiger partial charge >= 0.3 is 5.24 Å². The third-order valence-electron chi connectivity index (χ3n) is 1.52. The monoisotopic (exact) mass is 183 g/mol. The predicted octanol–water partition coefficient (Wildman–Crippen LogP) is 2.65. The summed E-state index contributed by atoms with van der Waals surface area (Å²) in [6, 6.07) is 0. The molecule has 1 heterocycles. The Morgan fingerprint density at radius 3 is 2.67 bits per heavy atom. The molecule has 2 nitrogen and oxygen atoms in total. The van der Waals surface area contributed by atoms with Crippen molar-refractivity contribution in [2.24, 2.45) is 0 Å². The summed E-state index contributed by atoms with van der Waals surface area (Å²) in [5, 5.41) is 0.205. The summed E-state index contributed by atoms with van der Waals surface area (Å²) in [5.41, 5.74) is 0. The molecule has 1 saturated heterocycles. The molecule has 0 atom stereocenters. The molecule has 1 amide bonds. The van der Waals surface area contributed by atoms with E-state index in [4.69, 9.17) is 0 Å². The Balaban J connectivity index is 1.90. The molecule has 0 aromatic carbocycles. The summed E-state index contributed by atoms with van der Waals surface area (Å²) in [7, 11) is 0. The number of hydrogen-bond donors (Lipinski definition) is 0. The van der Waals surface area contributed by atoms with Crippen LogP contribution in [0.4, 0.5) is 4.79 Å². The number of amides is 1. The van der Waals surface area contributed by atoms with Gasteiger partial charge < -0.3 is 0 Å². The van der Waals surface area contributed by atoms with Gasteiger partial charge in [0.15, 0.2) is 0 Å². The van der Waals surface area contributed by atoms with Crippen LogP contribution < -0.4 is 0 Å². The second-order valence-electron chi connectivity index (χ2n) is 2.67. The Labute approximate surface area is 77.8 Å². The van der Waals surface area contributed by atoms with Crippen LogP contribution in [0, 0.1) is 11.8 Å². The zero-order chi connectivity index (χ0) is 8.81. The number of unbranched alkanes of at least 4 members (excludes halogenated alkanes) is 2. The first-order chi connectivity index (χ1) is 5.84. The summed E-state index contributed by atoms with van der Waals surface area (Å²) in [6.45, 7) is 2.99. The molecule has 0 spiro atoms. The minimum Gasteiger partial charge on any atom is -0.268 e. The smallest absolute Gasteiger partial charge is 0.268 e. The molecular formula is C9H13NOS. The van der Waals surface area contributed by atoms with Gasteiger partial charge in [-0.05, 0) is 12.8 Å². The summed E-state index contributed by atoms with van der Waals surface area (Å²) in [6.07, 6.45) is 4.06. The van der Waals surface area contributed by atoms with E-state index >= 15 is 0 Å². The Morgan fingerprint density at radius 2 is 2.08 bits per heavy atom. The van der Waals surface area contributed by atoms with Crippen LogP contribution in [-0.2, 0) is 0 Å². The number of hydrogen-bond acceptors (Lipinski definition) is 2. The number of carbonyl (C=O) groups is 1. The molecule has 0 N–H and O–H groups in total. The fourth-order valence-corrected chi connectivity index (χ4v) is 1.28. The summed E-state index contributed by atoms with van der Waals surface area (Å²) in [5.74, 6) is 6.17. The van der Waals surface area contributed by atoms with E-state index in [9.17, 15) is 4.79 Å². The highest BCUT2D eigenvalue weighted by atomic mass is 32.2. The third-order valence-corrected chi connectivity index (χ3v) is 2.29. The lowest BCUT2D eigenvalue weighted by Crippen LogP contribution is -1.97. The molecule has 1 rings (SSSR count). The normalized spacial score (nSPS) is 14.1. The topological polar surface area (TPSA) is 20.1 Å². The minimum absolute atomic E-state index is 0.205. The van der Waals surface area contributed by atoms with Gasteiger partial charge in [-0.3, -0.25) is 9.10 Å². The second kappa shape index (κ2) is 5.10. The van der Waals surface area contributed by atoms with E-state index < -0.39 is 0 Å². The molecule has 1 aliphatic heterocycles.